The van der Waals surface area contributed by atoms with Crippen molar-refractivity contribution in [3.63, 3.8) is 0 Å². The molecule has 0 saturated heterocycles. The maximum atomic E-state index is 14.4. The molecule has 1 fully saturated rings. The SMILES string of the molecule is COc1ccc(CCN(C(=O)[C@@H](C)n2nc3ccccc3n2)[C@H](C(=O)NC2CCCCC2)c2ccc(F)cc2)cc1OC. The molecule has 0 unspecified atom stereocenters. The third-order valence-electron chi connectivity index (χ3n) is 8.08. The molecule has 1 aromatic heterocycles. The van der Waals surface area contributed by atoms with E-state index >= 15 is 0 Å². The molecule has 5 rings (SSSR count). The first kappa shape index (κ1) is 30.0. The number of nitrogens with one attached hydrogen (secondary N) is 1. The minimum absolute atomic E-state index is 0.0301. The van der Waals surface area contributed by atoms with Gasteiger partial charge in [-0.3, -0.25) is 9.59 Å². The maximum absolute atomic E-state index is 14.4. The molecule has 226 valence electrons. The van der Waals surface area contributed by atoms with Crippen molar-refractivity contribution >= 4 is 22.8 Å². The van der Waals surface area contributed by atoms with E-state index in [0.717, 1.165) is 37.7 Å². The Bertz CT molecular complexity index is 1520. The highest BCUT2D eigenvalue weighted by atomic mass is 19.1. The van der Waals surface area contributed by atoms with Crippen LogP contribution in [0.1, 0.15) is 62.2 Å². The number of methoxy groups -OCH3 is 2. The molecule has 1 N–H and O–H groups in total. The number of nitrogens with zero attached hydrogens (tertiary/aromatic N) is 4. The molecule has 1 saturated carbocycles. The lowest BCUT2D eigenvalue weighted by Crippen LogP contribution is -2.49. The predicted octanol–water partition coefficient (Wildman–Crippen LogP) is 5.41. The number of rotatable bonds is 11. The Balaban J connectivity index is 1.51. The van der Waals surface area contributed by atoms with Gasteiger partial charge in [0.05, 0.1) is 14.2 Å². The van der Waals surface area contributed by atoms with Crippen molar-refractivity contribution in [3.8, 4) is 11.5 Å². The van der Waals surface area contributed by atoms with Crippen molar-refractivity contribution in [2.45, 2.75) is 63.6 Å². The number of hydrogen-bond acceptors (Lipinski definition) is 6. The van der Waals surface area contributed by atoms with Crippen LogP contribution in [0.5, 0.6) is 11.5 Å². The van der Waals surface area contributed by atoms with E-state index in [1.54, 1.807) is 38.2 Å². The molecule has 10 heteroatoms. The lowest BCUT2D eigenvalue weighted by Gasteiger charge is -2.34. The van der Waals surface area contributed by atoms with Crippen molar-refractivity contribution < 1.29 is 23.5 Å². The Labute approximate surface area is 251 Å². The smallest absolute Gasteiger partial charge is 0.249 e. The quantitative estimate of drug-likeness (QED) is 0.252. The molecule has 9 nitrogen and oxygen atoms in total. The summed E-state index contributed by atoms with van der Waals surface area (Å²) in [7, 11) is 3.14. The molecule has 2 atom stereocenters. The molecule has 2 amide bonds. The van der Waals surface area contributed by atoms with Gasteiger partial charge in [0.2, 0.25) is 11.8 Å². The highest BCUT2D eigenvalue weighted by Gasteiger charge is 2.36. The second-order valence-electron chi connectivity index (χ2n) is 11.0. The largest absolute Gasteiger partial charge is 0.493 e. The molecule has 1 aliphatic rings. The first-order chi connectivity index (χ1) is 20.9. The van der Waals surface area contributed by atoms with Gasteiger partial charge in [-0.1, -0.05) is 49.6 Å². The summed E-state index contributed by atoms with van der Waals surface area (Å²) in [6.07, 6.45) is 5.45. The zero-order valence-electron chi connectivity index (χ0n) is 24.8. The molecule has 0 aliphatic heterocycles. The Morgan fingerprint density at radius 2 is 1.60 bits per heavy atom. The fourth-order valence-electron chi connectivity index (χ4n) is 5.69. The van der Waals surface area contributed by atoms with Crippen LogP contribution in [-0.4, -0.2) is 58.5 Å². The van der Waals surface area contributed by atoms with E-state index in [2.05, 4.69) is 15.5 Å². The summed E-state index contributed by atoms with van der Waals surface area (Å²) >= 11 is 0. The summed E-state index contributed by atoms with van der Waals surface area (Å²) < 4.78 is 24.9. The second-order valence-corrected chi connectivity index (χ2v) is 11.0. The van der Waals surface area contributed by atoms with Crippen LogP contribution >= 0.6 is 0 Å². The number of carbonyl (C=O) groups is 2. The Morgan fingerprint density at radius 3 is 2.23 bits per heavy atom. The summed E-state index contributed by atoms with van der Waals surface area (Å²) in [6.45, 7) is 1.94. The summed E-state index contributed by atoms with van der Waals surface area (Å²) in [6, 6.07) is 17.0. The normalized spacial score (nSPS) is 15.1. The average molecular weight is 588 g/mol. The van der Waals surface area contributed by atoms with E-state index < -0.39 is 17.9 Å². The molecule has 0 radical (unpaired) electrons. The molecule has 0 bridgehead atoms. The second kappa shape index (κ2) is 13.7. The lowest BCUT2D eigenvalue weighted by molar-refractivity contribution is -0.144. The standard InChI is InChI=1S/C33H38FN5O4/c1-22(39-36-27-11-7-8-12-28(27)37-39)33(41)38(20-19-23-13-18-29(42-2)30(21-23)43-3)31(24-14-16-25(34)17-15-24)32(40)35-26-9-5-4-6-10-26/h7-8,11-18,21-22,26,31H,4-6,9-10,19-20H2,1-3H3,(H,35,40)/t22-,31+/m1/s1. The van der Waals surface area contributed by atoms with E-state index in [1.807, 2.05) is 42.5 Å². The Kier molecular flexibility index (Phi) is 9.54. The van der Waals surface area contributed by atoms with E-state index in [1.165, 1.54) is 16.9 Å². The fourth-order valence-corrected chi connectivity index (χ4v) is 5.69. The van der Waals surface area contributed by atoms with Crippen LogP contribution in [0.4, 0.5) is 4.39 Å². The van der Waals surface area contributed by atoms with Crippen LogP contribution in [0.15, 0.2) is 66.7 Å². The van der Waals surface area contributed by atoms with Gasteiger partial charge in [-0.15, -0.1) is 0 Å². The van der Waals surface area contributed by atoms with Crippen molar-refractivity contribution in [1.82, 2.24) is 25.2 Å². The monoisotopic (exact) mass is 587 g/mol. The van der Waals surface area contributed by atoms with Gasteiger partial charge in [0, 0.05) is 12.6 Å². The topological polar surface area (TPSA) is 98.6 Å². The molecule has 43 heavy (non-hydrogen) atoms. The number of hydrogen-bond donors (Lipinski definition) is 1. The molecular weight excluding hydrogens is 549 g/mol. The number of carbonyl (C=O) groups excluding carboxylic acids is 2. The first-order valence-electron chi connectivity index (χ1n) is 14.8. The van der Waals surface area contributed by atoms with Gasteiger partial charge in [-0.2, -0.15) is 15.0 Å². The summed E-state index contributed by atoms with van der Waals surface area (Å²) in [4.78, 5) is 31.4. The number of aromatic nitrogens is 3. The molecule has 0 spiro atoms. The Morgan fingerprint density at radius 1 is 0.953 bits per heavy atom. The Hall–Kier alpha value is -4.47. The number of amides is 2. The van der Waals surface area contributed by atoms with Gasteiger partial charge < -0.3 is 19.7 Å². The summed E-state index contributed by atoms with van der Waals surface area (Å²) in [5.74, 6) is 0.141. The minimum atomic E-state index is -0.984. The summed E-state index contributed by atoms with van der Waals surface area (Å²) in [5, 5.41) is 12.3. The first-order valence-corrected chi connectivity index (χ1v) is 14.8. The van der Waals surface area contributed by atoms with Crippen LogP contribution in [0, 0.1) is 5.82 Å². The van der Waals surface area contributed by atoms with Gasteiger partial charge in [0.15, 0.2) is 11.5 Å². The molecule has 1 aliphatic carbocycles. The van der Waals surface area contributed by atoms with Crippen molar-refractivity contribution in [2.24, 2.45) is 0 Å². The number of benzene rings is 3. The average Bonchev–Trinajstić information content (AvgIpc) is 3.48. The molecular formula is C33H38FN5O4. The van der Waals surface area contributed by atoms with Gasteiger partial charge >= 0.3 is 0 Å². The predicted molar refractivity (Wildman–Crippen MR) is 161 cm³/mol. The van der Waals surface area contributed by atoms with E-state index in [0.29, 0.717) is 34.5 Å². The molecule has 4 aromatic rings. The fraction of sp³-hybridized carbons (Fsp3) is 0.394. The number of halogens is 1. The summed E-state index contributed by atoms with van der Waals surface area (Å²) in [5.41, 5.74) is 2.77. The van der Waals surface area contributed by atoms with Crippen LogP contribution in [0.25, 0.3) is 11.0 Å². The van der Waals surface area contributed by atoms with Crippen LogP contribution in [0.3, 0.4) is 0 Å². The molecule has 1 heterocycles. The highest BCUT2D eigenvalue weighted by Crippen LogP contribution is 2.30. The lowest BCUT2D eigenvalue weighted by atomic mass is 9.94. The minimum Gasteiger partial charge on any atom is -0.493 e. The van der Waals surface area contributed by atoms with Crippen LogP contribution < -0.4 is 14.8 Å². The number of fused-ring (bicyclic) bond motifs is 1. The van der Waals surface area contributed by atoms with Crippen molar-refractivity contribution in [2.75, 3.05) is 20.8 Å². The van der Waals surface area contributed by atoms with E-state index in [4.69, 9.17) is 9.47 Å². The van der Waals surface area contributed by atoms with Gasteiger partial charge in [-0.25, -0.2) is 4.39 Å². The van der Waals surface area contributed by atoms with E-state index in [9.17, 15) is 14.0 Å². The highest BCUT2D eigenvalue weighted by molar-refractivity contribution is 5.90. The molecule has 3 aromatic carbocycles. The van der Waals surface area contributed by atoms with Crippen LogP contribution in [-0.2, 0) is 16.0 Å². The van der Waals surface area contributed by atoms with Crippen molar-refractivity contribution in [3.05, 3.63) is 83.7 Å². The van der Waals surface area contributed by atoms with Crippen LogP contribution in [0.2, 0.25) is 0 Å². The maximum Gasteiger partial charge on any atom is 0.249 e. The van der Waals surface area contributed by atoms with Gasteiger partial charge in [0.25, 0.3) is 0 Å². The van der Waals surface area contributed by atoms with Gasteiger partial charge in [0.1, 0.15) is 28.9 Å². The van der Waals surface area contributed by atoms with Crippen molar-refractivity contribution in [1.29, 1.82) is 0 Å². The third-order valence-corrected chi connectivity index (χ3v) is 8.08. The number of ether oxygens (including phenoxy) is 2. The third kappa shape index (κ3) is 6.96. The van der Waals surface area contributed by atoms with Gasteiger partial charge in [-0.05, 0) is 73.7 Å². The van der Waals surface area contributed by atoms with E-state index in [-0.39, 0.29) is 24.4 Å². The zero-order chi connectivity index (χ0) is 30.3. The zero-order valence-corrected chi connectivity index (χ0v) is 24.8.